The van der Waals surface area contributed by atoms with Gasteiger partial charge in [-0.1, -0.05) is 6.07 Å². The van der Waals surface area contributed by atoms with E-state index in [9.17, 15) is 13.2 Å². The van der Waals surface area contributed by atoms with Gasteiger partial charge in [0.1, 0.15) is 0 Å². The summed E-state index contributed by atoms with van der Waals surface area (Å²) in [5.41, 5.74) is 0.265. The lowest BCUT2D eigenvalue weighted by atomic mass is 10.1. The Morgan fingerprint density at radius 1 is 1.29 bits per heavy atom. The molecule has 1 aliphatic rings. The highest BCUT2D eigenvalue weighted by molar-refractivity contribution is 5.76. The van der Waals surface area contributed by atoms with E-state index in [2.05, 4.69) is 5.32 Å². The normalized spacial score (nSPS) is 15.8. The van der Waals surface area contributed by atoms with Crippen LogP contribution < -0.4 is 10.2 Å². The van der Waals surface area contributed by atoms with Crippen molar-refractivity contribution >= 4 is 11.4 Å². The molecule has 0 atom stereocenters. The van der Waals surface area contributed by atoms with Crippen LogP contribution in [-0.4, -0.2) is 19.1 Å². The van der Waals surface area contributed by atoms with Crippen molar-refractivity contribution in [3.8, 4) is 0 Å². The summed E-state index contributed by atoms with van der Waals surface area (Å²) in [6, 6.07) is 4.51. The minimum atomic E-state index is -4.31. The molecule has 5 heteroatoms. The molecule has 0 aliphatic carbocycles. The van der Waals surface area contributed by atoms with Gasteiger partial charge in [0.15, 0.2) is 0 Å². The highest BCUT2D eigenvalue weighted by atomic mass is 19.4. The lowest BCUT2D eigenvalue weighted by Gasteiger charge is -2.36. The Balaban J connectivity index is 2.51. The zero-order valence-electron chi connectivity index (χ0n) is 9.80. The van der Waals surface area contributed by atoms with Crippen molar-refractivity contribution in [2.75, 3.05) is 23.3 Å². The van der Waals surface area contributed by atoms with E-state index in [4.69, 9.17) is 0 Å². The van der Waals surface area contributed by atoms with E-state index in [-0.39, 0.29) is 11.7 Å². The molecule has 0 aromatic heterocycles. The highest BCUT2D eigenvalue weighted by Gasteiger charge is 2.36. The van der Waals surface area contributed by atoms with Crippen LogP contribution in [0.15, 0.2) is 18.2 Å². The molecule has 1 heterocycles. The molecule has 0 saturated heterocycles. The third-order valence-electron chi connectivity index (χ3n) is 2.94. The van der Waals surface area contributed by atoms with Crippen LogP contribution in [0.1, 0.15) is 19.4 Å². The van der Waals surface area contributed by atoms with E-state index in [1.54, 1.807) is 6.07 Å². The molecule has 2 rings (SSSR count). The summed E-state index contributed by atoms with van der Waals surface area (Å²) in [5.74, 6) is 0. The maximum Gasteiger partial charge on any atom is 0.418 e. The first kappa shape index (κ1) is 12.1. The fourth-order valence-electron chi connectivity index (χ4n) is 2.16. The maximum atomic E-state index is 12.8. The predicted octanol–water partition coefficient (Wildman–Crippen LogP) is 3.35. The fraction of sp³-hybridized carbons (Fsp3) is 0.500. The van der Waals surface area contributed by atoms with Crippen molar-refractivity contribution < 1.29 is 13.2 Å². The van der Waals surface area contributed by atoms with Crippen LogP contribution >= 0.6 is 0 Å². The number of halogens is 3. The Hall–Kier alpha value is -1.39. The molecule has 1 aliphatic heterocycles. The lowest BCUT2D eigenvalue weighted by Crippen LogP contribution is -2.39. The molecule has 0 saturated carbocycles. The summed E-state index contributed by atoms with van der Waals surface area (Å²) in [5, 5.41) is 2.86. The van der Waals surface area contributed by atoms with Gasteiger partial charge in [0.25, 0.3) is 0 Å². The zero-order valence-corrected chi connectivity index (χ0v) is 9.80. The van der Waals surface area contributed by atoms with E-state index in [1.165, 1.54) is 6.07 Å². The molecular weight excluding hydrogens is 229 g/mol. The van der Waals surface area contributed by atoms with Gasteiger partial charge in [-0.2, -0.15) is 13.2 Å². The molecule has 0 bridgehead atoms. The van der Waals surface area contributed by atoms with Gasteiger partial charge in [-0.25, -0.2) is 0 Å². The van der Waals surface area contributed by atoms with Gasteiger partial charge in [0, 0.05) is 19.1 Å². The largest absolute Gasteiger partial charge is 0.418 e. The van der Waals surface area contributed by atoms with Gasteiger partial charge in [0.05, 0.1) is 16.9 Å². The standard InChI is InChI=1S/C12H15F3N2/c1-8(2)17-7-6-16-11-9(12(13,14)15)4-3-5-10(11)17/h3-5,8,16H,6-7H2,1-2H3. The van der Waals surface area contributed by atoms with Crippen LogP contribution in [0.3, 0.4) is 0 Å². The van der Waals surface area contributed by atoms with Crippen molar-refractivity contribution in [1.29, 1.82) is 0 Å². The van der Waals surface area contributed by atoms with Gasteiger partial charge in [-0.3, -0.25) is 0 Å². The van der Waals surface area contributed by atoms with Gasteiger partial charge >= 0.3 is 6.18 Å². The SMILES string of the molecule is CC(C)N1CCNc2c1cccc2C(F)(F)F. The average Bonchev–Trinajstić information content (AvgIpc) is 2.26. The van der Waals surface area contributed by atoms with E-state index in [0.29, 0.717) is 12.2 Å². The van der Waals surface area contributed by atoms with Gasteiger partial charge in [-0.15, -0.1) is 0 Å². The summed E-state index contributed by atoms with van der Waals surface area (Å²) >= 11 is 0. The molecule has 1 aromatic rings. The number of nitrogens with one attached hydrogen (secondary N) is 1. The number of hydrogen-bond donors (Lipinski definition) is 1. The number of fused-ring (bicyclic) bond motifs is 1. The molecule has 0 fully saturated rings. The van der Waals surface area contributed by atoms with Crippen molar-refractivity contribution in [3.05, 3.63) is 23.8 Å². The maximum absolute atomic E-state index is 12.8. The van der Waals surface area contributed by atoms with Crippen molar-refractivity contribution in [2.24, 2.45) is 0 Å². The number of anilines is 2. The van der Waals surface area contributed by atoms with Gasteiger partial charge in [0.2, 0.25) is 0 Å². The topological polar surface area (TPSA) is 15.3 Å². The molecule has 94 valence electrons. The molecule has 1 N–H and O–H groups in total. The Morgan fingerprint density at radius 3 is 2.59 bits per heavy atom. The molecule has 0 spiro atoms. The molecule has 0 unspecified atom stereocenters. The number of benzene rings is 1. The van der Waals surface area contributed by atoms with Crippen LogP contribution in [0.4, 0.5) is 24.5 Å². The van der Waals surface area contributed by atoms with Crippen LogP contribution in [0.5, 0.6) is 0 Å². The predicted molar refractivity (Wildman–Crippen MR) is 62.4 cm³/mol. The van der Waals surface area contributed by atoms with Gasteiger partial charge in [-0.05, 0) is 26.0 Å². The summed E-state index contributed by atoms with van der Waals surface area (Å²) < 4.78 is 38.5. The molecule has 17 heavy (non-hydrogen) atoms. The number of alkyl halides is 3. The third-order valence-corrected chi connectivity index (χ3v) is 2.94. The first-order chi connectivity index (χ1) is 7.91. The van der Waals surface area contributed by atoms with Crippen LogP contribution in [0.2, 0.25) is 0 Å². The first-order valence-corrected chi connectivity index (χ1v) is 5.62. The van der Waals surface area contributed by atoms with Crippen molar-refractivity contribution in [2.45, 2.75) is 26.1 Å². The molecule has 2 nitrogen and oxygen atoms in total. The summed E-state index contributed by atoms with van der Waals surface area (Å²) in [4.78, 5) is 1.99. The van der Waals surface area contributed by atoms with Crippen LogP contribution in [0.25, 0.3) is 0 Å². The molecular formula is C12H15F3N2. The second-order valence-electron chi connectivity index (χ2n) is 4.41. The van der Waals surface area contributed by atoms with Crippen LogP contribution in [-0.2, 0) is 6.18 Å². The van der Waals surface area contributed by atoms with Crippen molar-refractivity contribution in [3.63, 3.8) is 0 Å². The fourth-order valence-corrected chi connectivity index (χ4v) is 2.16. The Labute approximate surface area is 98.4 Å². The number of hydrogen-bond acceptors (Lipinski definition) is 2. The first-order valence-electron chi connectivity index (χ1n) is 5.62. The summed E-state index contributed by atoms with van der Waals surface area (Å²) in [6.07, 6.45) is -4.31. The second kappa shape index (κ2) is 4.13. The quantitative estimate of drug-likeness (QED) is 0.815. The van der Waals surface area contributed by atoms with E-state index in [1.807, 2.05) is 18.7 Å². The monoisotopic (exact) mass is 244 g/mol. The van der Waals surface area contributed by atoms with Gasteiger partial charge < -0.3 is 10.2 Å². The molecule has 0 amide bonds. The molecule has 1 aromatic carbocycles. The second-order valence-corrected chi connectivity index (χ2v) is 4.41. The minimum Gasteiger partial charge on any atom is -0.381 e. The molecule has 0 radical (unpaired) electrons. The Bertz CT molecular complexity index is 413. The summed E-state index contributed by atoms with van der Waals surface area (Å²) in [6.45, 7) is 5.23. The highest BCUT2D eigenvalue weighted by Crippen LogP contribution is 2.41. The average molecular weight is 244 g/mol. The summed E-state index contributed by atoms with van der Waals surface area (Å²) in [7, 11) is 0. The Morgan fingerprint density at radius 2 is 2.00 bits per heavy atom. The zero-order chi connectivity index (χ0) is 12.6. The minimum absolute atomic E-state index is 0.194. The smallest absolute Gasteiger partial charge is 0.381 e. The Kier molecular flexibility index (Phi) is 2.93. The van der Waals surface area contributed by atoms with E-state index >= 15 is 0 Å². The number of rotatable bonds is 1. The van der Waals surface area contributed by atoms with Crippen molar-refractivity contribution in [1.82, 2.24) is 0 Å². The van der Waals surface area contributed by atoms with Crippen LogP contribution in [0, 0.1) is 0 Å². The van der Waals surface area contributed by atoms with E-state index < -0.39 is 11.7 Å². The number of nitrogens with zero attached hydrogens (tertiary/aromatic N) is 1. The number of para-hydroxylation sites is 1. The third kappa shape index (κ3) is 2.18. The van der Waals surface area contributed by atoms with E-state index in [0.717, 1.165) is 12.6 Å². The lowest BCUT2D eigenvalue weighted by molar-refractivity contribution is -0.136.